The fraction of sp³-hybridized carbons (Fsp3) is 0.333. The summed E-state index contributed by atoms with van der Waals surface area (Å²) in [6.45, 7) is 3.52. The molecule has 2 aliphatic rings. The number of nitrogen functional groups attached to an aromatic ring is 1. The van der Waals surface area contributed by atoms with Crippen LogP contribution in [-0.2, 0) is 26.3 Å². The molecule has 4 N–H and O–H groups in total. The fourth-order valence-corrected chi connectivity index (χ4v) is 6.57. The van der Waals surface area contributed by atoms with Gasteiger partial charge in [-0.2, -0.15) is 0 Å². The number of nitrogens with one attached hydrogen (secondary N) is 1. The molecule has 0 aliphatic carbocycles. The molecule has 0 bridgehead atoms. The summed E-state index contributed by atoms with van der Waals surface area (Å²) in [5.41, 5.74) is 5.84. The van der Waals surface area contributed by atoms with E-state index in [0.717, 1.165) is 11.3 Å². The summed E-state index contributed by atoms with van der Waals surface area (Å²) >= 11 is 9.67. The second-order valence-corrected chi connectivity index (χ2v) is 10.9. The summed E-state index contributed by atoms with van der Waals surface area (Å²) in [7, 11) is 1.67. The molecule has 4 rings (SSSR count). The summed E-state index contributed by atoms with van der Waals surface area (Å²) < 4.78 is 1.58. The molecule has 2 amide bonds. The molecule has 0 saturated carbocycles. The van der Waals surface area contributed by atoms with Gasteiger partial charge in [-0.3, -0.25) is 14.5 Å². The number of carboxylic acid groups (broad SMARTS) is 1. The van der Waals surface area contributed by atoms with E-state index in [1.54, 1.807) is 7.05 Å². The van der Waals surface area contributed by atoms with Gasteiger partial charge in [0.2, 0.25) is 5.16 Å². The van der Waals surface area contributed by atoms with Gasteiger partial charge in [-0.05, 0) is 16.0 Å². The fourth-order valence-electron chi connectivity index (χ4n) is 3.31. The number of aryl methyl sites for hydroxylation is 1. The number of aliphatic carboxylic acids is 1. The van der Waals surface area contributed by atoms with Crippen LogP contribution in [0.25, 0.3) is 0 Å². The van der Waals surface area contributed by atoms with Crippen LogP contribution in [0.3, 0.4) is 0 Å². The predicted octanol–water partition coefficient (Wildman–Crippen LogP) is 0.340. The third kappa shape index (κ3) is 5.04. The molecule has 1 fully saturated rings. The van der Waals surface area contributed by atoms with Gasteiger partial charge in [0, 0.05) is 18.6 Å². The zero-order valence-corrected chi connectivity index (χ0v) is 21.7. The number of carboxylic acids is 1. The van der Waals surface area contributed by atoms with E-state index in [4.69, 9.17) is 22.2 Å². The zero-order valence-electron chi connectivity index (χ0n) is 18.5. The molecule has 1 unspecified atom stereocenters. The molecule has 0 radical (unpaired) electrons. The molecule has 2 aromatic heterocycles. The van der Waals surface area contributed by atoms with Crippen LogP contribution < -0.4 is 11.1 Å². The van der Waals surface area contributed by atoms with Crippen molar-refractivity contribution in [3.63, 3.8) is 0 Å². The summed E-state index contributed by atoms with van der Waals surface area (Å²) in [5, 5.41) is 27.4. The van der Waals surface area contributed by atoms with Crippen LogP contribution in [0, 0.1) is 0 Å². The van der Waals surface area contributed by atoms with Gasteiger partial charge in [0.15, 0.2) is 10.8 Å². The van der Waals surface area contributed by atoms with Crippen LogP contribution in [0.15, 0.2) is 34.2 Å². The number of hydrogen-bond donors (Lipinski definition) is 3. The Hall–Kier alpha value is -3.15. The Morgan fingerprint density at radius 3 is 2.89 bits per heavy atom. The summed E-state index contributed by atoms with van der Waals surface area (Å²) in [6, 6.07) is -0.992. The number of carbonyl (C=O) groups excluding carboxylic acids is 2. The Morgan fingerprint density at radius 1 is 1.50 bits per heavy atom. The van der Waals surface area contributed by atoms with Crippen molar-refractivity contribution in [3.05, 3.63) is 34.0 Å². The second kappa shape index (κ2) is 10.9. The van der Waals surface area contributed by atoms with Crippen LogP contribution in [0.5, 0.6) is 0 Å². The maximum Gasteiger partial charge on any atom is 0.352 e. The van der Waals surface area contributed by atoms with Gasteiger partial charge in [-0.1, -0.05) is 52.5 Å². The molecular weight excluding hydrogens is 554 g/mol. The van der Waals surface area contributed by atoms with E-state index >= 15 is 0 Å². The Labute approximate surface area is 220 Å². The minimum atomic E-state index is -1.24. The van der Waals surface area contributed by atoms with Gasteiger partial charge in [0.05, 0.1) is 0 Å². The number of carbonyl (C=O) groups is 3. The average Bonchev–Trinajstić information content (AvgIpc) is 3.41. The highest BCUT2D eigenvalue weighted by Gasteiger charge is 2.54. The van der Waals surface area contributed by atoms with Gasteiger partial charge in [0.1, 0.15) is 33.7 Å². The molecule has 2 aliphatic heterocycles. The SMILES string of the molecule is C=CCON=C(C(=O)NC1C(=O)N2C(C(=O)O)=C(CSc3nnnn3C)CS[C@H]12)c1nc(N)sc1Cl. The Morgan fingerprint density at radius 2 is 2.28 bits per heavy atom. The molecule has 190 valence electrons. The third-order valence-corrected chi connectivity index (χ3v) is 8.40. The van der Waals surface area contributed by atoms with Crippen LogP contribution in [0.1, 0.15) is 5.69 Å². The molecule has 1 saturated heterocycles. The summed E-state index contributed by atoms with van der Waals surface area (Å²) in [4.78, 5) is 48.3. The standard InChI is InChI=1S/C18H18ClN9O5S3/c1-3-4-33-24-9(8-12(19)36-17(20)22-8)13(29)21-10-14(30)28-11(16(31)32)7(5-34-15(10)28)6-35-18-23-25-26-27(18)2/h3,10,15H,1,4-6H2,2H3,(H2,20,22)(H,21,29)(H,31,32)/t10?,15-/m1/s1. The lowest BCUT2D eigenvalue weighted by atomic mass is 10.0. The topological polar surface area (TPSA) is 191 Å². The first kappa shape index (κ1) is 25.9. The largest absolute Gasteiger partial charge is 0.477 e. The molecule has 0 spiro atoms. The number of tetrazole rings is 1. The number of nitrogens with zero attached hydrogens (tertiary/aromatic N) is 7. The number of rotatable bonds is 10. The highest BCUT2D eigenvalue weighted by atomic mass is 35.5. The van der Waals surface area contributed by atoms with E-state index in [2.05, 4.69) is 37.6 Å². The molecular formula is C18H18ClN9O5S3. The van der Waals surface area contributed by atoms with E-state index in [-0.39, 0.29) is 38.9 Å². The van der Waals surface area contributed by atoms with E-state index in [0.29, 0.717) is 16.5 Å². The van der Waals surface area contributed by atoms with E-state index in [9.17, 15) is 19.5 Å². The van der Waals surface area contributed by atoms with Crippen molar-refractivity contribution in [2.45, 2.75) is 16.6 Å². The molecule has 4 heterocycles. The smallest absolute Gasteiger partial charge is 0.352 e. The second-order valence-electron chi connectivity index (χ2n) is 7.19. The van der Waals surface area contributed by atoms with E-state index < -0.39 is 29.2 Å². The molecule has 18 heteroatoms. The molecule has 14 nitrogen and oxygen atoms in total. The van der Waals surface area contributed by atoms with Gasteiger partial charge in [-0.25, -0.2) is 14.5 Å². The van der Waals surface area contributed by atoms with Crippen molar-refractivity contribution >= 4 is 75.1 Å². The third-order valence-electron chi connectivity index (χ3n) is 4.88. The maximum atomic E-state index is 13.1. The monoisotopic (exact) mass is 571 g/mol. The average molecular weight is 572 g/mol. The molecule has 2 atom stereocenters. The number of aromatic nitrogens is 5. The van der Waals surface area contributed by atoms with Crippen molar-refractivity contribution in [3.8, 4) is 0 Å². The molecule has 2 aromatic rings. The number of halogens is 1. The predicted molar refractivity (Wildman–Crippen MR) is 133 cm³/mol. The number of β-lactam (4-membered cyclic amide) rings is 1. The number of anilines is 1. The van der Waals surface area contributed by atoms with Crippen molar-refractivity contribution in [2.24, 2.45) is 12.2 Å². The number of nitrogens with two attached hydrogens (primary N) is 1. The number of oxime groups is 1. The first-order valence-electron chi connectivity index (χ1n) is 10.0. The van der Waals surface area contributed by atoms with Gasteiger partial charge in [-0.15, -0.1) is 16.9 Å². The first-order chi connectivity index (χ1) is 17.2. The van der Waals surface area contributed by atoms with Crippen LogP contribution in [0.2, 0.25) is 4.34 Å². The quantitative estimate of drug-likeness (QED) is 0.0886. The highest BCUT2D eigenvalue weighted by Crippen LogP contribution is 2.41. The van der Waals surface area contributed by atoms with Gasteiger partial charge in [0.25, 0.3) is 11.8 Å². The minimum absolute atomic E-state index is 0.00403. The lowest BCUT2D eigenvalue weighted by Crippen LogP contribution is -2.71. The number of hydrogen-bond acceptors (Lipinski definition) is 13. The zero-order chi connectivity index (χ0) is 26.0. The highest BCUT2D eigenvalue weighted by molar-refractivity contribution is 8.01. The van der Waals surface area contributed by atoms with Gasteiger partial charge >= 0.3 is 5.97 Å². The maximum absolute atomic E-state index is 13.1. The molecule has 36 heavy (non-hydrogen) atoms. The van der Waals surface area contributed by atoms with E-state index in [1.807, 2.05) is 0 Å². The number of fused-ring (bicyclic) bond motifs is 1. The Bertz CT molecular complexity index is 1290. The molecule has 0 aromatic carbocycles. The van der Waals surface area contributed by atoms with Crippen LogP contribution >= 0.6 is 46.5 Å². The summed E-state index contributed by atoms with van der Waals surface area (Å²) in [6.07, 6.45) is 1.43. The Balaban J connectivity index is 1.51. The first-order valence-corrected chi connectivity index (χ1v) is 13.2. The summed E-state index contributed by atoms with van der Waals surface area (Å²) in [5.74, 6) is -1.98. The van der Waals surface area contributed by atoms with Crippen molar-refractivity contribution in [2.75, 3.05) is 23.8 Å². The number of thiazole rings is 1. The lowest BCUT2D eigenvalue weighted by Gasteiger charge is -2.49. The van der Waals surface area contributed by atoms with Crippen LogP contribution in [-0.4, -0.2) is 88.2 Å². The van der Waals surface area contributed by atoms with Gasteiger partial charge < -0.3 is 21.0 Å². The normalized spacial score (nSPS) is 19.6. The number of amides is 2. The van der Waals surface area contributed by atoms with Crippen molar-refractivity contribution < 1.29 is 24.3 Å². The Kier molecular flexibility index (Phi) is 7.82. The van der Waals surface area contributed by atoms with E-state index in [1.165, 1.54) is 39.2 Å². The minimum Gasteiger partial charge on any atom is -0.477 e. The lowest BCUT2D eigenvalue weighted by molar-refractivity contribution is -0.150. The number of thioether (sulfide) groups is 2. The van der Waals surface area contributed by atoms with Crippen molar-refractivity contribution in [1.82, 2.24) is 35.4 Å². The van der Waals surface area contributed by atoms with Crippen LogP contribution in [0.4, 0.5) is 5.13 Å². The van der Waals surface area contributed by atoms with Crippen molar-refractivity contribution in [1.29, 1.82) is 0 Å².